The number of rotatable bonds is 3. The van der Waals surface area contributed by atoms with Gasteiger partial charge in [-0.15, -0.1) is 0 Å². The average Bonchev–Trinajstić information content (AvgIpc) is 2.37. The lowest BCUT2D eigenvalue weighted by atomic mass is 10.3. The minimum atomic E-state index is -0.469. The van der Waals surface area contributed by atoms with Gasteiger partial charge >= 0.3 is 0 Å². The second-order valence-corrected chi connectivity index (χ2v) is 4.90. The Labute approximate surface area is 119 Å². The maximum Gasteiger partial charge on any atom is 0.227 e. The smallest absolute Gasteiger partial charge is 0.227 e. The fourth-order valence-corrected chi connectivity index (χ4v) is 1.81. The monoisotopic (exact) mass is 325 g/mol. The Morgan fingerprint density at radius 1 is 1.37 bits per heavy atom. The van der Waals surface area contributed by atoms with Gasteiger partial charge in [0.15, 0.2) is 11.6 Å². The third-order valence-corrected chi connectivity index (χ3v) is 3.10. The van der Waals surface area contributed by atoms with Crippen LogP contribution in [0.1, 0.15) is 18.3 Å². The summed E-state index contributed by atoms with van der Waals surface area (Å²) in [6.07, 6.45) is 0.629. The summed E-state index contributed by atoms with van der Waals surface area (Å²) in [6.45, 7) is 3.65. The van der Waals surface area contributed by atoms with Gasteiger partial charge in [0.25, 0.3) is 0 Å². The molecular formula is C13H13BrFN3O. The molecule has 19 heavy (non-hydrogen) atoms. The minimum absolute atomic E-state index is 0.103. The number of hydrogen-bond acceptors (Lipinski definition) is 4. The molecule has 6 heteroatoms. The quantitative estimate of drug-likeness (QED) is 0.936. The third-order valence-electron chi connectivity index (χ3n) is 2.60. The molecule has 1 aromatic heterocycles. The molecule has 0 aliphatic carbocycles. The van der Waals surface area contributed by atoms with Crippen molar-refractivity contribution in [3.05, 3.63) is 39.9 Å². The predicted molar refractivity (Wildman–Crippen MR) is 74.7 cm³/mol. The summed E-state index contributed by atoms with van der Waals surface area (Å²) < 4.78 is 19.9. The van der Waals surface area contributed by atoms with Gasteiger partial charge in [0.05, 0.1) is 5.56 Å². The number of halogens is 2. The highest BCUT2D eigenvalue weighted by atomic mass is 79.9. The summed E-state index contributed by atoms with van der Waals surface area (Å²) in [5.74, 6) is 0.830. The van der Waals surface area contributed by atoms with Gasteiger partial charge in [-0.2, -0.15) is 4.98 Å². The van der Waals surface area contributed by atoms with E-state index in [2.05, 4.69) is 25.9 Å². The molecule has 2 rings (SSSR count). The number of ether oxygens (including phenoxy) is 1. The number of anilines is 1. The number of aromatic nitrogens is 2. The third kappa shape index (κ3) is 3.01. The van der Waals surface area contributed by atoms with Gasteiger partial charge in [-0.25, -0.2) is 9.37 Å². The van der Waals surface area contributed by atoms with Crippen LogP contribution in [0.15, 0.2) is 22.7 Å². The maximum atomic E-state index is 13.7. The standard InChI is InChI=1S/C13H13BrFN3O/c1-3-11-17-12(16)7(2)13(18-11)19-10-5-4-8(14)6-9(10)15/h4-6H,3H2,1-2H3,(H2,16,17,18). The van der Waals surface area contributed by atoms with Crippen molar-refractivity contribution in [3.8, 4) is 11.6 Å². The molecule has 0 atom stereocenters. The van der Waals surface area contributed by atoms with E-state index in [9.17, 15) is 4.39 Å². The van der Waals surface area contributed by atoms with Crippen molar-refractivity contribution < 1.29 is 9.13 Å². The van der Waals surface area contributed by atoms with Gasteiger partial charge in [-0.1, -0.05) is 22.9 Å². The Hall–Kier alpha value is -1.69. The Balaban J connectivity index is 2.40. The van der Waals surface area contributed by atoms with Crippen LogP contribution in [-0.2, 0) is 6.42 Å². The van der Waals surface area contributed by atoms with E-state index in [4.69, 9.17) is 10.5 Å². The fraction of sp³-hybridized carbons (Fsp3) is 0.231. The number of aryl methyl sites for hydroxylation is 1. The molecule has 2 aromatic rings. The first-order valence-electron chi connectivity index (χ1n) is 5.77. The zero-order valence-corrected chi connectivity index (χ0v) is 12.2. The van der Waals surface area contributed by atoms with Gasteiger partial charge in [-0.3, -0.25) is 0 Å². The second kappa shape index (κ2) is 5.52. The van der Waals surface area contributed by atoms with E-state index in [-0.39, 0.29) is 11.6 Å². The fourth-order valence-electron chi connectivity index (χ4n) is 1.48. The molecule has 2 N–H and O–H groups in total. The van der Waals surface area contributed by atoms with Crippen molar-refractivity contribution in [1.29, 1.82) is 0 Å². The van der Waals surface area contributed by atoms with E-state index in [0.29, 0.717) is 28.1 Å². The normalized spacial score (nSPS) is 10.5. The van der Waals surface area contributed by atoms with E-state index in [0.717, 1.165) is 0 Å². The molecule has 100 valence electrons. The Bertz CT molecular complexity index is 619. The SMILES string of the molecule is CCc1nc(N)c(C)c(Oc2ccc(Br)cc2F)n1. The second-order valence-electron chi connectivity index (χ2n) is 3.99. The van der Waals surface area contributed by atoms with Crippen LogP contribution in [0.3, 0.4) is 0 Å². The van der Waals surface area contributed by atoms with Crippen LogP contribution in [0.2, 0.25) is 0 Å². The lowest BCUT2D eigenvalue weighted by Crippen LogP contribution is -2.04. The lowest BCUT2D eigenvalue weighted by molar-refractivity contribution is 0.421. The minimum Gasteiger partial charge on any atom is -0.435 e. The number of nitrogen functional groups attached to an aromatic ring is 1. The van der Waals surface area contributed by atoms with Crippen molar-refractivity contribution in [3.63, 3.8) is 0 Å². The Kier molecular flexibility index (Phi) is 3.99. The number of hydrogen-bond donors (Lipinski definition) is 1. The largest absolute Gasteiger partial charge is 0.435 e. The molecule has 0 saturated carbocycles. The van der Waals surface area contributed by atoms with Crippen molar-refractivity contribution in [2.45, 2.75) is 20.3 Å². The molecule has 0 saturated heterocycles. The molecule has 0 aliphatic heterocycles. The van der Waals surface area contributed by atoms with Gasteiger partial charge in [0, 0.05) is 10.9 Å². The van der Waals surface area contributed by atoms with Crippen molar-refractivity contribution in [1.82, 2.24) is 9.97 Å². The molecule has 4 nitrogen and oxygen atoms in total. The molecule has 0 spiro atoms. The number of nitrogens with zero attached hydrogens (tertiary/aromatic N) is 2. The Morgan fingerprint density at radius 2 is 2.11 bits per heavy atom. The van der Waals surface area contributed by atoms with Crippen molar-refractivity contribution >= 4 is 21.7 Å². The van der Waals surface area contributed by atoms with Gasteiger partial charge < -0.3 is 10.5 Å². The highest BCUT2D eigenvalue weighted by Gasteiger charge is 2.12. The zero-order valence-electron chi connectivity index (χ0n) is 10.6. The summed E-state index contributed by atoms with van der Waals surface area (Å²) in [5.41, 5.74) is 6.38. The summed E-state index contributed by atoms with van der Waals surface area (Å²) in [7, 11) is 0. The van der Waals surface area contributed by atoms with Crippen LogP contribution in [0.25, 0.3) is 0 Å². The summed E-state index contributed by atoms with van der Waals surface area (Å²) >= 11 is 3.19. The van der Waals surface area contributed by atoms with Crippen molar-refractivity contribution in [2.75, 3.05) is 5.73 Å². The van der Waals surface area contributed by atoms with E-state index in [1.165, 1.54) is 12.1 Å². The molecule has 1 aromatic carbocycles. The number of benzene rings is 1. The molecular weight excluding hydrogens is 313 g/mol. The van der Waals surface area contributed by atoms with Crippen LogP contribution >= 0.6 is 15.9 Å². The van der Waals surface area contributed by atoms with E-state index in [1.807, 2.05) is 6.92 Å². The predicted octanol–water partition coefficient (Wildman–Crippen LogP) is 3.62. The van der Waals surface area contributed by atoms with E-state index < -0.39 is 5.82 Å². The van der Waals surface area contributed by atoms with Gasteiger partial charge in [0.2, 0.25) is 5.88 Å². The molecule has 0 aliphatic rings. The summed E-state index contributed by atoms with van der Waals surface area (Å²) in [5, 5.41) is 0. The van der Waals surface area contributed by atoms with Gasteiger partial charge in [-0.05, 0) is 25.1 Å². The van der Waals surface area contributed by atoms with Gasteiger partial charge in [0.1, 0.15) is 11.6 Å². The molecule has 0 bridgehead atoms. The van der Waals surface area contributed by atoms with Crippen LogP contribution in [-0.4, -0.2) is 9.97 Å². The topological polar surface area (TPSA) is 61.0 Å². The first-order valence-corrected chi connectivity index (χ1v) is 6.56. The molecule has 0 amide bonds. The molecule has 0 fully saturated rings. The van der Waals surface area contributed by atoms with Crippen LogP contribution in [0.5, 0.6) is 11.6 Å². The Morgan fingerprint density at radius 3 is 2.74 bits per heavy atom. The number of nitrogens with two attached hydrogens (primary N) is 1. The summed E-state index contributed by atoms with van der Waals surface area (Å²) in [4.78, 5) is 8.33. The highest BCUT2D eigenvalue weighted by Crippen LogP contribution is 2.29. The van der Waals surface area contributed by atoms with E-state index in [1.54, 1.807) is 13.0 Å². The lowest BCUT2D eigenvalue weighted by Gasteiger charge is -2.11. The van der Waals surface area contributed by atoms with Crippen LogP contribution in [0, 0.1) is 12.7 Å². The van der Waals surface area contributed by atoms with Crippen LogP contribution in [0.4, 0.5) is 10.2 Å². The highest BCUT2D eigenvalue weighted by molar-refractivity contribution is 9.10. The molecule has 1 heterocycles. The zero-order chi connectivity index (χ0) is 14.0. The summed E-state index contributed by atoms with van der Waals surface area (Å²) in [6, 6.07) is 4.55. The van der Waals surface area contributed by atoms with Crippen molar-refractivity contribution in [2.24, 2.45) is 0 Å². The first-order chi connectivity index (χ1) is 9.01. The molecule has 0 radical (unpaired) electrons. The first kappa shape index (κ1) is 13.7. The van der Waals surface area contributed by atoms with Crippen LogP contribution < -0.4 is 10.5 Å². The average molecular weight is 326 g/mol. The van der Waals surface area contributed by atoms with E-state index >= 15 is 0 Å². The maximum absolute atomic E-state index is 13.7. The molecule has 0 unspecified atom stereocenters.